The van der Waals surface area contributed by atoms with Crippen molar-refractivity contribution < 1.29 is 14.3 Å². The molecule has 0 fully saturated rings. The average molecular weight is 375 g/mol. The predicted octanol–water partition coefficient (Wildman–Crippen LogP) is 3.35. The molecule has 2 amide bonds. The van der Waals surface area contributed by atoms with E-state index < -0.39 is 6.04 Å². The number of amides is 2. The molecule has 2 rings (SSSR count). The molecule has 2 aromatic rings. The Bertz CT molecular complexity index is 711. The number of nitrogens with one attached hydrogen (secondary N) is 1. The van der Waals surface area contributed by atoms with Crippen LogP contribution in [0.25, 0.3) is 0 Å². The molecule has 0 spiro atoms. The lowest BCUT2D eigenvalue weighted by atomic mass is 10.0. The minimum absolute atomic E-state index is 0.00752. The first-order valence-electron chi connectivity index (χ1n) is 8.67. The Balaban J connectivity index is 1.88. The second-order valence-corrected chi connectivity index (χ2v) is 7.54. The Hall–Kier alpha value is -2.34. The van der Waals surface area contributed by atoms with Crippen molar-refractivity contribution in [3.63, 3.8) is 0 Å². The van der Waals surface area contributed by atoms with Gasteiger partial charge in [-0.3, -0.25) is 9.59 Å². The van der Waals surface area contributed by atoms with Crippen LogP contribution in [0, 0.1) is 12.8 Å². The Morgan fingerprint density at radius 1 is 1.19 bits per heavy atom. The van der Waals surface area contributed by atoms with Crippen LogP contribution in [0.5, 0.6) is 5.75 Å². The van der Waals surface area contributed by atoms with E-state index >= 15 is 0 Å². The van der Waals surface area contributed by atoms with E-state index in [1.807, 2.05) is 56.5 Å². The van der Waals surface area contributed by atoms with Gasteiger partial charge in [0, 0.05) is 7.05 Å². The lowest BCUT2D eigenvalue weighted by Gasteiger charge is -2.27. The zero-order valence-electron chi connectivity index (χ0n) is 15.7. The summed E-state index contributed by atoms with van der Waals surface area (Å²) in [4.78, 5) is 27.2. The monoisotopic (exact) mass is 374 g/mol. The summed E-state index contributed by atoms with van der Waals surface area (Å²) in [6, 6.07) is 10.8. The Morgan fingerprint density at radius 2 is 1.88 bits per heavy atom. The standard InChI is InChI=1S/C20H26N2O3S/c1-14(2)18(21-19(23)17-6-5-13-26-17)20(24)22(4)11-12-25-16-9-7-15(3)8-10-16/h5-10,13-14,18H,11-12H2,1-4H3,(H,21,23). The van der Waals surface area contributed by atoms with Crippen molar-refractivity contribution in [2.75, 3.05) is 20.2 Å². The molecule has 0 aliphatic heterocycles. The third kappa shape index (κ3) is 5.59. The molecule has 1 heterocycles. The van der Waals surface area contributed by atoms with Crippen LogP contribution in [-0.2, 0) is 4.79 Å². The molecular weight excluding hydrogens is 348 g/mol. The highest BCUT2D eigenvalue weighted by molar-refractivity contribution is 7.12. The van der Waals surface area contributed by atoms with Crippen LogP contribution in [0.1, 0.15) is 29.1 Å². The number of likely N-dealkylation sites (N-methyl/N-ethyl adjacent to an activating group) is 1. The highest BCUT2D eigenvalue weighted by atomic mass is 32.1. The van der Waals surface area contributed by atoms with Gasteiger partial charge in [-0.05, 0) is 36.4 Å². The SMILES string of the molecule is Cc1ccc(OCCN(C)C(=O)C(NC(=O)c2cccs2)C(C)C)cc1. The third-order valence-electron chi connectivity index (χ3n) is 4.06. The van der Waals surface area contributed by atoms with Gasteiger partial charge in [0.2, 0.25) is 5.91 Å². The maximum Gasteiger partial charge on any atom is 0.262 e. The number of hydrogen-bond donors (Lipinski definition) is 1. The molecule has 0 saturated carbocycles. The molecule has 1 atom stereocenters. The highest BCUT2D eigenvalue weighted by Gasteiger charge is 2.27. The van der Waals surface area contributed by atoms with Crippen molar-refractivity contribution in [2.45, 2.75) is 26.8 Å². The molecule has 0 aliphatic rings. The fourth-order valence-electron chi connectivity index (χ4n) is 2.42. The Morgan fingerprint density at radius 3 is 2.46 bits per heavy atom. The van der Waals surface area contributed by atoms with Gasteiger partial charge in [0.1, 0.15) is 18.4 Å². The zero-order chi connectivity index (χ0) is 19.1. The molecule has 1 unspecified atom stereocenters. The van der Waals surface area contributed by atoms with Crippen LogP contribution in [0.15, 0.2) is 41.8 Å². The van der Waals surface area contributed by atoms with E-state index in [-0.39, 0.29) is 17.7 Å². The summed E-state index contributed by atoms with van der Waals surface area (Å²) in [6.45, 7) is 6.72. The second kappa shape index (κ2) is 9.38. The predicted molar refractivity (Wildman–Crippen MR) is 105 cm³/mol. The van der Waals surface area contributed by atoms with E-state index in [4.69, 9.17) is 4.74 Å². The smallest absolute Gasteiger partial charge is 0.262 e. The largest absolute Gasteiger partial charge is 0.492 e. The number of ether oxygens (including phenoxy) is 1. The van der Waals surface area contributed by atoms with E-state index in [0.29, 0.717) is 18.0 Å². The van der Waals surface area contributed by atoms with Gasteiger partial charge in [-0.1, -0.05) is 37.6 Å². The van der Waals surface area contributed by atoms with Crippen molar-refractivity contribution in [1.82, 2.24) is 10.2 Å². The minimum Gasteiger partial charge on any atom is -0.492 e. The fourth-order valence-corrected chi connectivity index (χ4v) is 3.04. The van der Waals surface area contributed by atoms with Crippen LogP contribution in [-0.4, -0.2) is 43.0 Å². The zero-order valence-corrected chi connectivity index (χ0v) is 16.5. The van der Waals surface area contributed by atoms with Crippen molar-refractivity contribution in [3.05, 3.63) is 52.2 Å². The number of rotatable bonds is 8. The molecule has 0 radical (unpaired) electrons. The average Bonchev–Trinajstić information content (AvgIpc) is 3.15. The van der Waals surface area contributed by atoms with Crippen LogP contribution in [0.4, 0.5) is 0 Å². The van der Waals surface area contributed by atoms with Gasteiger partial charge >= 0.3 is 0 Å². The summed E-state index contributed by atoms with van der Waals surface area (Å²) in [5, 5.41) is 4.70. The van der Waals surface area contributed by atoms with E-state index in [9.17, 15) is 9.59 Å². The van der Waals surface area contributed by atoms with Crippen LogP contribution in [0.2, 0.25) is 0 Å². The first kappa shape index (κ1) is 20.0. The molecule has 0 bridgehead atoms. The number of carbonyl (C=O) groups is 2. The number of carbonyl (C=O) groups excluding carboxylic acids is 2. The molecule has 0 saturated heterocycles. The van der Waals surface area contributed by atoms with Crippen molar-refractivity contribution in [2.24, 2.45) is 5.92 Å². The number of nitrogens with zero attached hydrogens (tertiary/aromatic N) is 1. The molecule has 1 N–H and O–H groups in total. The second-order valence-electron chi connectivity index (χ2n) is 6.59. The number of benzene rings is 1. The molecular formula is C20H26N2O3S. The lowest BCUT2D eigenvalue weighted by molar-refractivity contribution is -0.133. The Kier molecular flexibility index (Phi) is 7.21. The van der Waals surface area contributed by atoms with Crippen molar-refractivity contribution in [1.29, 1.82) is 0 Å². The molecule has 6 heteroatoms. The van der Waals surface area contributed by atoms with E-state index in [1.165, 1.54) is 16.9 Å². The summed E-state index contributed by atoms with van der Waals surface area (Å²) in [6.07, 6.45) is 0. The summed E-state index contributed by atoms with van der Waals surface area (Å²) in [5.74, 6) is 0.448. The van der Waals surface area contributed by atoms with Crippen LogP contribution < -0.4 is 10.1 Å². The Labute approximate surface area is 159 Å². The van der Waals surface area contributed by atoms with Gasteiger partial charge in [0.05, 0.1) is 11.4 Å². The van der Waals surface area contributed by atoms with Crippen molar-refractivity contribution >= 4 is 23.2 Å². The van der Waals surface area contributed by atoms with Gasteiger partial charge in [-0.15, -0.1) is 11.3 Å². The lowest BCUT2D eigenvalue weighted by Crippen LogP contribution is -2.50. The maximum atomic E-state index is 12.7. The number of thiophene rings is 1. The van der Waals surface area contributed by atoms with Crippen LogP contribution >= 0.6 is 11.3 Å². The topological polar surface area (TPSA) is 58.6 Å². The third-order valence-corrected chi connectivity index (χ3v) is 4.93. The maximum absolute atomic E-state index is 12.7. The van der Waals surface area contributed by atoms with Gasteiger partial charge < -0.3 is 15.0 Å². The summed E-state index contributed by atoms with van der Waals surface area (Å²) < 4.78 is 5.68. The first-order chi connectivity index (χ1) is 12.4. The molecule has 140 valence electrons. The number of hydrogen-bond acceptors (Lipinski definition) is 4. The van der Waals surface area contributed by atoms with E-state index in [0.717, 1.165) is 5.75 Å². The normalized spacial score (nSPS) is 11.9. The highest BCUT2D eigenvalue weighted by Crippen LogP contribution is 2.13. The molecule has 1 aromatic heterocycles. The minimum atomic E-state index is -0.561. The van der Waals surface area contributed by atoms with Gasteiger partial charge in [0.15, 0.2) is 0 Å². The first-order valence-corrected chi connectivity index (χ1v) is 9.55. The fraction of sp³-hybridized carbons (Fsp3) is 0.400. The van der Waals surface area contributed by atoms with Crippen molar-refractivity contribution in [3.8, 4) is 5.75 Å². The number of aryl methyl sites for hydroxylation is 1. The quantitative estimate of drug-likeness (QED) is 0.771. The van der Waals surface area contributed by atoms with Gasteiger partial charge in [-0.25, -0.2) is 0 Å². The molecule has 26 heavy (non-hydrogen) atoms. The van der Waals surface area contributed by atoms with Gasteiger partial charge in [0.25, 0.3) is 5.91 Å². The van der Waals surface area contributed by atoms with Gasteiger partial charge in [-0.2, -0.15) is 0 Å². The van der Waals surface area contributed by atoms with E-state index in [1.54, 1.807) is 18.0 Å². The summed E-state index contributed by atoms with van der Waals surface area (Å²) in [5.41, 5.74) is 1.17. The summed E-state index contributed by atoms with van der Waals surface area (Å²) in [7, 11) is 1.73. The molecule has 1 aromatic carbocycles. The van der Waals surface area contributed by atoms with Crippen LogP contribution in [0.3, 0.4) is 0 Å². The molecule has 0 aliphatic carbocycles. The molecule has 5 nitrogen and oxygen atoms in total. The summed E-state index contributed by atoms with van der Waals surface area (Å²) >= 11 is 1.36. The van der Waals surface area contributed by atoms with E-state index in [2.05, 4.69) is 5.32 Å².